The van der Waals surface area contributed by atoms with Crippen LogP contribution >= 0.6 is 15.9 Å². The second-order valence-electron chi connectivity index (χ2n) is 38.9. The molecule has 22 nitrogen and oxygen atoms in total. The third-order valence-electron chi connectivity index (χ3n) is 25.5. The minimum atomic E-state index is -0.964. The molecule has 5 N–H and O–H groups in total. The summed E-state index contributed by atoms with van der Waals surface area (Å²) in [6.07, 6.45) is 9.64. The fourth-order valence-electron chi connectivity index (χ4n) is 19.7. The van der Waals surface area contributed by atoms with Gasteiger partial charge in [0.25, 0.3) is 23.6 Å². The van der Waals surface area contributed by atoms with Crippen molar-refractivity contribution < 1.29 is 67.9 Å². The number of aromatic carboxylic acids is 1. The number of carbonyl (C=O) groups is 9. The Labute approximate surface area is 791 Å². The van der Waals surface area contributed by atoms with E-state index in [1.54, 1.807) is 60.7 Å². The number of rotatable bonds is 23. The van der Waals surface area contributed by atoms with E-state index >= 15 is 0 Å². The Morgan fingerprint density at radius 3 is 1.25 bits per heavy atom. The molecule has 3 heterocycles. The highest BCUT2D eigenvalue weighted by molar-refractivity contribution is 9.10. The molecular weight excluding hydrogens is 1740 g/mol. The maximum atomic E-state index is 14.4. The van der Waals surface area contributed by atoms with Crippen LogP contribution in [0.1, 0.15) is 270 Å². The zero-order valence-corrected chi connectivity index (χ0v) is 81.1. The quantitative estimate of drug-likeness (QED) is 0.0294. The lowest BCUT2D eigenvalue weighted by atomic mass is 9.75. The first-order valence-electron chi connectivity index (χ1n) is 46.4. The fourth-order valence-corrected chi connectivity index (χ4v) is 20.1. The van der Waals surface area contributed by atoms with E-state index < -0.39 is 39.8 Å². The van der Waals surface area contributed by atoms with Crippen molar-refractivity contribution in [3.63, 3.8) is 0 Å². The molecule has 23 heteroatoms. The molecule has 6 unspecified atom stereocenters. The van der Waals surface area contributed by atoms with Crippen LogP contribution in [0.5, 0.6) is 17.2 Å². The number of esters is 1. The van der Waals surface area contributed by atoms with E-state index in [9.17, 15) is 48.3 Å². The Balaban J connectivity index is 0.000000175. The lowest BCUT2D eigenvalue weighted by Gasteiger charge is -2.47. The number of nitrogens with zero attached hydrogens (tertiary/aromatic N) is 6. The van der Waals surface area contributed by atoms with Gasteiger partial charge in [0.15, 0.2) is 0 Å². The molecule has 3 fully saturated rings. The predicted molar refractivity (Wildman–Crippen MR) is 526 cm³/mol. The summed E-state index contributed by atoms with van der Waals surface area (Å²) in [6.45, 7) is 30.8. The summed E-state index contributed by atoms with van der Waals surface area (Å²) in [5, 5.41) is 32.9. The summed E-state index contributed by atoms with van der Waals surface area (Å²) in [5.41, 5.74) is 7.14. The number of carboxylic acids is 2. The number of aliphatic carboxylic acids is 1. The molecule has 0 radical (unpaired) electrons. The van der Waals surface area contributed by atoms with Gasteiger partial charge in [-0.2, -0.15) is 0 Å². The van der Waals surface area contributed by atoms with Gasteiger partial charge in [0.2, 0.25) is 0 Å². The summed E-state index contributed by atoms with van der Waals surface area (Å²) in [4.78, 5) is 134. The lowest BCUT2D eigenvalue weighted by molar-refractivity contribution is -0.137. The second-order valence-corrected chi connectivity index (χ2v) is 39.8. The van der Waals surface area contributed by atoms with Crippen LogP contribution in [0.15, 0.2) is 256 Å². The van der Waals surface area contributed by atoms with Gasteiger partial charge >= 0.3 is 17.9 Å². The molecule has 700 valence electrons. The van der Waals surface area contributed by atoms with Crippen LogP contribution in [0.4, 0.5) is 11.4 Å². The van der Waals surface area contributed by atoms with E-state index in [4.69, 9.17) is 34.7 Å². The van der Waals surface area contributed by atoms with Crippen LogP contribution in [0, 0.1) is 46.3 Å². The summed E-state index contributed by atoms with van der Waals surface area (Å²) < 4.78 is 11.8. The number of amides is 4. The van der Waals surface area contributed by atoms with E-state index in [1.165, 1.54) is 7.11 Å². The number of carboxylic acid groups (broad SMARTS) is 2. The van der Waals surface area contributed by atoms with Crippen LogP contribution in [0.3, 0.4) is 0 Å². The SMILES string of the molecule is CC(C)(C)C(=O)CC(=O)C(C)(C)C.CC1CC(C)CC2(C1)N=C(c1cccc(Nc3ccccc3)c1)C(=O)N2[C@H](C)c1ccc(C(=O)O)cc1.CC[C@H](c1ccc(C(=O)NCCC(=O)O)cc1)N1C(=O)C(c2cccc(Oc3ccccc3)c2)=NC12CC(C)CC(C)C2.CC[C@H](c1ccc(C(=O)OC)cc1)N1C(=O)C(c2cccc(Br)c2)=NC12CC(C)CC(C)C2.Oc1ccccc1. The number of ether oxygens (including phenoxy) is 2. The Morgan fingerprint density at radius 1 is 0.459 bits per heavy atom. The highest BCUT2D eigenvalue weighted by Crippen LogP contribution is 2.52. The van der Waals surface area contributed by atoms with Gasteiger partial charge in [0.05, 0.1) is 49.2 Å². The number of methoxy groups -OCH3 is 1. The number of aromatic hydroxyl groups is 1. The zero-order chi connectivity index (χ0) is 96.4. The number of hydrogen-bond donors (Lipinski definition) is 5. The summed E-state index contributed by atoms with van der Waals surface area (Å²) in [5.74, 6) is 1.58. The van der Waals surface area contributed by atoms with Gasteiger partial charge in [0.1, 0.15) is 62.9 Å². The minimum Gasteiger partial charge on any atom is -0.508 e. The monoisotopic (exact) mass is 1860 g/mol. The standard InChI is InChI=1S/C35H39N3O5.C31H33N3O3.C27H31BrN2O3.C11H20O2.C6H6O/c1-4-30(25-13-15-26(16-14-25)33(41)36-18-17-31(39)40)38-34(42)32(37-35(38)21-23(2)19-24(3)22-35)27-9-8-12-29(20-27)43-28-10-6-5-7-11-28;1-20-16-21(2)19-31(18-20)33-28(25-8-7-11-27(17-25)32-26-9-5-4-6-10-26)29(35)34(31)22(3)23-12-14-24(15-13-23)30(36)37;1-5-23(19-9-11-20(12-10-19)26(32)33-4)30-25(31)24(21-7-6-8-22(28)14-21)29-27(30)15-17(2)13-18(3)16-27;1-10(2,3)8(12)7-9(13)11(4,5)6;7-6-4-2-1-3-5-6/h5-16,20,23-24,30H,4,17-19,21-22H2,1-3H3,(H,36,41)(H,39,40);4-15,17,20-22,32H,16,18-19H2,1-3H3,(H,36,37);6-12,14,17-18,23H,5,13,15-16H2,1-4H3;7H2,1-6H3;1-5,7H/t23?,24?,30-,35?;20?,21?,22-,31?;17?,18?,23-,27?;;/m111../s1. The lowest BCUT2D eigenvalue weighted by Crippen LogP contribution is -2.52. The molecule has 133 heavy (non-hydrogen) atoms. The highest BCUT2D eigenvalue weighted by Gasteiger charge is 2.56. The number of para-hydroxylation sites is 3. The average molecular weight is 1870 g/mol. The number of aliphatic imine (C=N–C) groups is 3. The Hall–Kier alpha value is -12.5. The van der Waals surface area contributed by atoms with E-state index in [1.807, 2.05) is 239 Å². The number of hydrogen-bond acceptors (Lipinski definition) is 16. The van der Waals surface area contributed by atoms with E-state index in [0.717, 1.165) is 119 Å². The van der Waals surface area contributed by atoms with Gasteiger partial charge < -0.3 is 50.1 Å². The van der Waals surface area contributed by atoms with Crippen LogP contribution < -0.4 is 15.4 Å². The largest absolute Gasteiger partial charge is 0.508 e. The number of benzene rings is 9. The van der Waals surface area contributed by atoms with Gasteiger partial charge in [-0.25, -0.2) is 9.59 Å². The van der Waals surface area contributed by atoms with Crippen molar-refractivity contribution in [3.8, 4) is 17.2 Å². The molecule has 0 saturated heterocycles. The van der Waals surface area contributed by atoms with E-state index in [0.29, 0.717) is 81.7 Å². The van der Waals surface area contributed by atoms with Crippen LogP contribution in [-0.2, 0) is 33.5 Å². The molecule has 9 atom stereocenters. The van der Waals surface area contributed by atoms with Crippen LogP contribution in [0.2, 0.25) is 0 Å². The molecular formula is C110H129BrN8O14. The third-order valence-corrected chi connectivity index (χ3v) is 26.0. The molecule has 3 spiro atoms. The second kappa shape index (κ2) is 44.4. The first kappa shape index (κ1) is 101. The van der Waals surface area contributed by atoms with Crippen molar-refractivity contribution in [1.29, 1.82) is 0 Å². The van der Waals surface area contributed by atoms with Crippen molar-refractivity contribution in [3.05, 3.63) is 291 Å². The number of halogens is 1. The Morgan fingerprint density at radius 2 is 0.835 bits per heavy atom. The number of ketones is 2. The van der Waals surface area contributed by atoms with Crippen molar-refractivity contribution >= 4 is 97.5 Å². The van der Waals surface area contributed by atoms with Crippen molar-refractivity contribution in [2.75, 3.05) is 19.0 Å². The number of carbonyl (C=O) groups excluding carboxylic acids is 7. The van der Waals surface area contributed by atoms with Crippen LogP contribution in [-0.4, -0.2) is 131 Å². The van der Waals surface area contributed by atoms with E-state index in [2.05, 4.69) is 82.0 Å². The Bertz CT molecular complexity index is 5640. The summed E-state index contributed by atoms with van der Waals surface area (Å²) in [6, 6.07) is 72.4. The summed E-state index contributed by atoms with van der Waals surface area (Å²) in [7, 11) is 1.38. The predicted octanol–water partition coefficient (Wildman–Crippen LogP) is 23.5. The minimum absolute atomic E-state index is 0.0155. The fraction of sp³-hybridized carbons (Fsp3) is 0.400. The Kier molecular flexibility index (Phi) is 33.7. The molecule has 9 aromatic carbocycles. The zero-order valence-electron chi connectivity index (χ0n) is 79.5. The smallest absolute Gasteiger partial charge is 0.337 e. The van der Waals surface area contributed by atoms with Gasteiger partial charge in [-0.1, -0.05) is 240 Å². The number of phenolic OH excluding ortho intramolecular Hbond substituents is 1. The maximum Gasteiger partial charge on any atom is 0.337 e. The molecule has 6 aliphatic rings. The molecule has 0 bridgehead atoms. The number of Topliss-reactive ketones (excluding diaryl/α,β-unsaturated/α-hetero) is 2. The topological polar surface area (TPSA) is 304 Å². The van der Waals surface area contributed by atoms with Gasteiger partial charge in [-0.15, -0.1) is 0 Å². The van der Waals surface area contributed by atoms with Gasteiger partial charge in [-0.05, 0) is 239 Å². The van der Waals surface area contributed by atoms with Gasteiger partial charge in [0, 0.05) is 55.5 Å². The van der Waals surface area contributed by atoms with Crippen molar-refractivity contribution in [2.45, 2.75) is 222 Å². The molecule has 3 aliphatic heterocycles. The third kappa shape index (κ3) is 25.5. The average Bonchev–Trinajstić information content (AvgIpc) is 1.59. The molecule has 0 aromatic heterocycles. The summed E-state index contributed by atoms with van der Waals surface area (Å²) >= 11 is 3.54. The molecule has 9 aromatic rings. The van der Waals surface area contributed by atoms with Gasteiger partial charge in [-0.3, -0.25) is 48.5 Å². The van der Waals surface area contributed by atoms with E-state index in [-0.39, 0.29) is 84.2 Å². The molecule has 3 aliphatic carbocycles. The first-order valence-corrected chi connectivity index (χ1v) is 47.2. The maximum absolute atomic E-state index is 14.4. The normalized spacial score (nSPS) is 22.0. The highest BCUT2D eigenvalue weighted by atomic mass is 79.9. The first-order chi connectivity index (χ1) is 63.2. The molecule has 15 rings (SSSR count). The van der Waals surface area contributed by atoms with Crippen molar-refractivity contribution in [2.24, 2.45) is 61.3 Å². The number of nitrogens with one attached hydrogen (secondary N) is 2. The van der Waals surface area contributed by atoms with Crippen molar-refractivity contribution in [1.82, 2.24) is 20.0 Å². The molecule has 3 saturated carbocycles. The van der Waals surface area contributed by atoms with Crippen LogP contribution in [0.25, 0.3) is 0 Å². The molecule has 4 amide bonds. The number of anilines is 2. The number of phenols is 1.